The van der Waals surface area contributed by atoms with Crippen LogP contribution in [0.3, 0.4) is 0 Å². The topological polar surface area (TPSA) is 82.6 Å². The molecule has 0 heterocycles. The summed E-state index contributed by atoms with van der Waals surface area (Å²) in [6, 6.07) is 13.0. The maximum atomic E-state index is 13.2. The average Bonchev–Trinajstić information content (AvgIpc) is 2.67. The highest BCUT2D eigenvalue weighted by atomic mass is 127. The normalized spacial score (nSPS) is 11.6. The van der Waals surface area contributed by atoms with Gasteiger partial charge in [-0.15, -0.1) is 24.0 Å². The minimum absolute atomic E-state index is 0. The van der Waals surface area contributed by atoms with Crippen LogP contribution in [0, 0.1) is 12.7 Å². The molecule has 0 fully saturated rings. The van der Waals surface area contributed by atoms with Gasteiger partial charge in [0.1, 0.15) is 5.82 Å². The number of guanidine groups is 1. The van der Waals surface area contributed by atoms with Crippen LogP contribution in [0.25, 0.3) is 0 Å². The lowest BCUT2D eigenvalue weighted by molar-refractivity contribution is 0.582. The Kier molecular flexibility index (Phi) is 11.1. The molecule has 0 aliphatic rings. The second-order valence-corrected chi connectivity index (χ2v) is 7.99. The van der Waals surface area contributed by atoms with E-state index in [4.69, 9.17) is 0 Å². The Bertz CT molecular complexity index is 893. The van der Waals surface area contributed by atoms with Crippen LogP contribution in [0.5, 0.6) is 0 Å². The summed E-state index contributed by atoms with van der Waals surface area (Å²) < 4.78 is 40.1. The fourth-order valence-corrected chi connectivity index (χ4v) is 3.67. The molecule has 0 saturated heterocycles. The van der Waals surface area contributed by atoms with Crippen molar-refractivity contribution in [3.05, 3.63) is 65.5 Å². The Morgan fingerprint density at radius 3 is 2.45 bits per heavy atom. The van der Waals surface area contributed by atoms with E-state index in [1.165, 1.54) is 12.1 Å². The lowest BCUT2D eigenvalue weighted by Gasteiger charge is -2.12. The average molecular weight is 534 g/mol. The number of nitrogens with one attached hydrogen (secondary N) is 3. The van der Waals surface area contributed by atoms with Gasteiger partial charge in [0.15, 0.2) is 5.96 Å². The van der Waals surface area contributed by atoms with Gasteiger partial charge in [-0.1, -0.05) is 24.3 Å². The molecule has 0 spiro atoms. The molecule has 29 heavy (non-hydrogen) atoms. The molecule has 0 bridgehead atoms. The van der Waals surface area contributed by atoms with Gasteiger partial charge in [0.25, 0.3) is 0 Å². The zero-order chi connectivity index (χ0) is 20.4. The molecule has 0 aromatic heterocycles. The highest BCUT2D eigenvalue weighted by molar-refractivity contribution is 14.0. The van der Waals surface area contributed by atoms with Crippen LogP contribution in [0.15, 0.2) is 58.4 Å². The summed E-state index contributed by atoms with van der Waals surface area (Å²) in [4.78, 5) is 4.62. The first-order valence-electron chi connectivity index (χ1n) is 9.24. The Morgan fingerprint density at radius 1 is 1.07 bits per heavy atom. The second kappa shape index (κ2) is 12.8. The van der Waals surface area contributed by atoms with Crippen molar-refractivity contribution in [2.45, 2.75) is 25.2 Å². The summed E-state index contributed by atoms with van der Waals surface area (Å²) >= 11 is 0. The fourth-order valence-electron chi connectivity index (χ4n) is 2.63. The summed E-state index contributed by atoms with van der Waals surface area (Å²) in [7, 11) is -3.52. The number of nitrogens with zero attached hydrogens (tertiary/aromatic N) is 1. The van der Waals surface area contributed by atoms with Crippen molar-refractivity contribution in [1.82, 2.24) is 15.4 Å². The summed E-state index contributed by atoms with van der Waals surface area (Å²) in [6.07, 6.45) is 0.733. The first-order valence-corrected chi connectivity index (χ1v) is 10.7. The van der Waals surface area contributed by atoms with Crippen molar-refractivity contribution in [2.24, 2.45) is 4.99 Å². The van der Waals surface area contributed by atoms with E-state index in [2.05, 4.69) is 20.3 Å². The summed E-state index contributed by atoms with van der Waals surface area (Å²) in [5, 5.41) is 6.33. The van der Waals surface area contributed by atoms with E-state index in [1.54, 1.807) is 36.4 Å². The lowest BCUT2D eigenvalue weighted by Crippen LogP contribution is -2.39. The SMILES string of the molecule is CCNC(=NCCNS(=O)(=O)c1ccccc1)NCCc1ccc(F)cc1C.I. The molecule has 0 radical (unpaired) electrons. The van der Waals surface area contributed by atoms with Gasteiger partial charge in [-0.25, -0.2) is 17.5 Å². The number of halogens is 2. The molecule has 3 N–H and O–H groups in total. The number of hydrogen-bond acceptors (Lipinski definition) is 3. The Morgan fingerprint density at radius 2 is 1.79 bits per heavy atom. The first-order chi connectivity index (χ1) is 13.4. The largest absolute Gasteiger partial charge is 0.357 e. The van der Waals surface area contributed by atoms with Crippen molar-refractivity contribution in [3.8, 4) is 0 Å². The zero-order valence-electron chi connectivity index (χ0n) is 16.6. The summed E-state index contributed by atoms with van der Waals surface area (Å²) in [6.45, 7) is 5.67. The minimum Gasteiger partial charge on any atom is -0.357 e. The molecule has 2 rings (SSSR count). The monoisotopic (exact) mass is 534 g/mol. The number of aryl methyl sites for hydroxylation is 1. The molecule has 2 aromatic carbocycles. The molecule has 0 unspecified atom stereocenters. The van der Waals surface area contributed by atoms with Crippen LogP contribution in [0.4, 0.5) is 4.39 Å². The van der Waals surface area contributed by atoms with E-state index < -0.39 is 10.0 Å². The third kappa shape index (κ3) is 8.67. The van der Waals surface area contributed by atoms with Crippen LogP contribution >= 0.6 is 24.0 Å². The number of rotatable bonds is 9. The first kappa shape index (κ1) is 25.3. The highest BCUT2D eigenvalue weighted by Crippen LogP contribution is 2.10. The van der Waals surface area contributed by atoms with E-state index in [1.807, 2.05) is 13.8 Å². The van der Waals surface area contributed by atoms with Crippen molar-refractivity contribution in [3.63, 3.8) is 0 Å². The van der Waals surface area contributed by atoms with Gasteiger partial charge in [-0.3, -0.25) is 4.99 Å². The minimum atomic E-state index is -3.52. The van der Waals surface area contributed by atoms with Crippen LogP contribution < -0.4 is 15.4 Å². The molecule has 0 atom stereocenters. The molecular formula is C20H28FIN4O2S. The molecule has 2 aromatic rings. The molecule has 9 heteroatoms. The molecule has 0 amide bonds. The Hall–Kier alpha value is -1.72. The summed E-state index contributed by atoms with van der Waals surface area (Å²) in [5.74, 6) is 0.378. The van der Waals surface area contributed by atoms with Gasteiger partial charge in [-0.2, -0.15) is 0 Å². The zero-order valence-corrected chi connectivity index (χ0v) is 19.8. The molecule has 160 valence electrons. The van der Waals surface area contributed by atoms with E-state index in [9.17, 15) is 12.8 Å². The molecule has 0 aliphatic carbocycles. The quantitative estimate of drug-likeness (QED) is 0.200. The predicted molar refractivity (Wildman–Crippen MR) is 126 cm³/mol. The number of sulfonamides is 1. The van der Waals surface area contributed by atoms with E-state index in [-0.39, 0.29) is 41.2 Å². The standard InChI is InChI=1S/C20H27FN4O2S.HI/c1-3-22-20(23-12-11-17-9-10-18(21)15-16(17)2)24-13-14-25-28(26,27)19-7-5-4-6-8-19;/h4-10,15,25H,3,11-14H2,1-2H3,(H2,22,23,24);1H. The summed E-state index contributed by atoms with van der Waals surface area (Å²) in [5.41, 5.74) is 1.99. The van der Waals surface area contributed by atoms with Gasteiger partial charge in [-0.05, 0) is 55.7 Å². The van der Waals surface area contributed by atoms with Gasteiger partial charge in [0.05, 0.1) is 11.4 Å². The highest BCUT2D eigenvalue weighted by Gasteiger charge is 2.11. The smallest absolute Gasteiger partial charge is 0.240 e. The van der Waals surface area contributed by atoms with Crippen LogP contribution in [-0.2, 0) is 16.4 Å². The predicted octanol–water partition coefficient (Wildman–Crippen LogP) is 2.83. The van der Waals surface area contributed by atoms with Gasteiger partial charge < -0.3 is 10.6 Å². The van der Waals surface area contributed by atoms with Crippen LogP contribution in [0.1, 0.15) is 18.1 Å². The number of hydrogen-bond donors (Lipinski definition) is 3. The van der Waals surface area contributed by atoms with E-state index >= 15 is 0 Å². The van der Waals surface area contributed by atoms with Gasteiger partial charge in [0.2, 0.25) is 10.0 Å². The van der Waals surface area contributed by atoms with Crippen LogP contribution in [0.2, 0.25) is 0 Å². The lowest BCUT2D eigenvalue weighted by atomic mass is 10.1. The Labute approximate surface area is 189 Å². The molecular weight excluding hydrogens is 506 g/mol. The Balaban J connectivity index is 0.00000420. The van der Waals surface area contributed by atoms with Gasteiger partial charge >= 0.3 is 0 Å². The number of aliphatic imine (C=N–C) groups is 1. The van der Waals surface area contributed by atoms with Gasteiger partial charge in [0, 0.05) is 19.6 Å². The third-order valence-electron chi connectivity index (χ3n) is 4.06. The van der Waals surface area contributed by atoms with Crippen molar-refractivity contribution >= 4 is 40.0 Å². The maximum Gasteiger partial charge on any atom is 0.240 e. The molecule has 0 saturated carbocycles. The third-order valence-corrected chi connectivity index (χ3v) is 5.54. The second-order valence-electron chi connectivity index (χ2n) is 6.22. The van der Waals surface area contributed by atoms with Crippen molar-refractivity contribution in [2.75, 3.05) is 26.2 Å². The van der Waals surface area contributed by atoms with Crippen molar-refractivity contribution in [1.29, 1.82) is 0 Å². The maximum absolute atomic E-state index is 13.2. The fraction of sp³-hybridized carbons (Fsp3) is 0.350. The van der Waals surface area contributed by atoms with Crippen molar-refractivity contribution < 1.29 is 12.8 Å². The molecule has 6 nitrogen and oxygen atoms in total. The van der Waals surface area contributed by atoms with E-state index in [0.29, 0.717) is 25.6 Å². The molecule has 0 aliphatic heterocycles. The van der Waals surface area contributed by atoms with E-state index in [0.717, 1.165) is 17.5 Å². The van der Waals surface area contributed by atoms with Crippen LogP contribution in [-0.4, -0.2) is 40.6 Å². The number of benzene rings is 2.